The number of carboxylic acids is 2. The molecule has 0 radical (unpaired) electrons. The summed E-state index contributed by atoms with van der Waals surface area (Å²) in [7, 11) is 0. The van der Waals surface area contributed by atoms with Gasteiger partial charge in [0.15, 0.2) is 0 Å². The number of anilines is 1. The first-order chi connectivity index (χ1) is 7.99. The lowest BCUT2D eigenvalue weighted by molar-refractivity contribution is -0.138. The normalized spacial score (nSPS) is 9.65. The highest BCUT2D eigenvalue weighted by Gasteiger charge is 2.06. The lowest BCUT2D eigenvalue weighted by Crippen LogP contribution is -2.13. The van der Waals surface area contributed by atoms with Crippen molar-refractivity contribution in [3.05, 3.63) is 29.8 Å². The molecular formula is C11H11NO5. The van der Waals surface area contributed by atoms with E-state index in [0.29, 0.717) is 5.69 Å². The highest BCUT2D eigenvalue weighted by molar-refractivity contribution is 5.93. The molecule has 1 amide bonds. The van der Waals surface area contributed by atoms with Crippen LogP contribution in [-0.2, 0) is 9.59 Å². The SMILES string of the molecule is O=C(O)CCC(=O)Nc1ccc(C(=O)O)cc1. The minimum atomic E-state index is -1.05. The number of nitrogens with one attached hydrogen (secondary N) is 1. The van der Waals surface area contributed by atoms with Gasteiger partial charge in [-0.3, -0.25) is 9.59 Å². The van der Waals surface area contributed by atoms with Gasteiger partial charge in [0.25, 0.3) is 0 Å². The van der Waals surface area contributed by atoms with Gasteiger partial charge in [-0.1, -0.05) is 0 Å². The number of carbonyl (C=O) groups excluding carboxylic acids is 1. The van der Waals surface area contributed by atoms with Crippen molar-refractivity contribution in [1.29, 1.82) is 0 Å². The minimum absolute atomic E-state index is 0.115. The third kappa shape index (κ3) is 4.33. The maximum atomic E-state index is 11.2. The minimum Gasteiger partial charge on any atom is -0.481 e. The van der Waals surface area contributed by atoms with Crippen LogP contribution in [0.3, 0.4) is 0 Å². The number of aliphatic carboxylic acids is 1. The van der Waals surface area contributed by atoms with Gasteiger partial charge in [0.2, 0.25) is 5.91 Å². The lowest BCUT2D eigenvalue weighted by atomic mass is 10.2. The molecule has 1 aromatic rings. The molecule has 3 N–H and O–H groups in total. The number of rotatable bonds is 5. The fourth-order valence-corrected chi connectivity index (χ4v) is 1.14. The molecule has 0 atom stereocenters. The first-order valence-electron chi connectivity index (χ1n) is 4.84. The van der Waals surface area contributed by atoms with Gasteiger partial charge in [0.05, 0.1) is 12.0 Å². The average Bonchev–Trinajstić information content (AvgIpc) is 2.27. The molecule has 0 saturated carbocycles. The highest BCUT2D eigenvalue weighted by Crippen LogP contribution is 2.10. The third-order valence-electron chi connectivity index (χ3n) is 1.98. The number of hydrogen-bond donors (Lipinski definition) is 3. The number of benzene rings is 1. The second kappa shape index (κ2) is 5.64. The quantitative estimate of drug-likeness (QED) is 0.713. The van der Waals surface area contributed by atoms with E-state index in [1.54, 1.807) is 0 Å². The van der Waals surface area contributed by atoms with E-state index in [9.17, 15) is 14.4 Å². The van der Waals surface area contributed by atoms with Crippen LogP contribution in [0.4, 0.5) is 5.69 Å². The molecule has 0 aliphatic rings. The van der Waals surface area contributed by atoms with Crippen molar-refractivity contribution < 1.29 is 24.6 Å². The summed E-state index contributed by atoms with van der Waals surface area (Å²) in [6.45, 7) is 0. The summed E-state index contributed by atoms with van der Waals surface area (Å²) in [6, 6.07) is 5.61. The molecule has 1 aromatic carbocycles. The Morgan fingerprint density at radius 3 is 2.06 bits per heavy atom. The Morgan fingerprint density at radius 2 is 1.59 bits per heavy atom. The molecule has 0 aliphatic carbocycles. The smallest absolute Gasteiger partial charge is 0.335 e. The summed E-state index contributed by atoms with van der Waals surface area (Å²) >= 11 is 0. The molecule has 0 aliphatic heterocycles. The van der Waals surface area contributed by atoms with Gasteiger partial charge >= 0.3 is 11.9 Å². The van der Waals surface area contributed by atoms with Crippen molar-refractivity contribution >= 4 is 23.5 Å². The molecule has 0 aromatic heterocycles. The van der Waals surface area contributed by atoms with Crippen molar-refractivity contribution in [2.45, 2.75) is 12.8 Å². The van der Waals surface area contributed by atoms with Gasteiger partial charge < -0.3 is 15.5 Å². The van der Waals surface area contributed by atoms with Crippen LogP contribution in [-0.4, -0.2) is 28.1 Å². The predicted octanol–water partition coefficient (Wildman–Crippen LogP) is 1.19. The Kier molecular flexibility index (Phi) is 4.21. The van der Waals surface area contributed by atoms with Crippen molar-refractivity contribution in [1.82, 2.24) is 0 Å². The van der Waals surface area contributed by atoms with Gasteiger partial charge in [-0.25, -0.2) is 4.79 Å². The Hall–Kier alpha value is -2.37. The first kappa shape index (κ1) is 12.7. The maximum absolute atomic E-state index is 11.2. The molecule has 0 bridgehead atoms. The van der Waals surface area contributed by atoms with Crippen molar-refractivity contribution in [3.63, 3.8) is 0 Å². The number of carbonyl (C=O) groups is 3. The zero-order chi connectivity index (χ0) is 12.8. The Labute approximate surface area is 96.9 Å². The van der Waals surface area contributed by atoms with E-state index in [-0.39, 0.29) is 18.4 Å². The third-order valence-corrected chi connectivity index (χ3v) is 1.98. The molecule has 1 rings (SSSR count). The zero-order valence-electron chi connectivity index (χ0n) is 8.84. The standard InChI is InChI=1S/C11H11NO5/c13-9(5-6-10(14)15)12-8-3-1-7(2-4-8)11(16)17/h1-4H,5-6H2,(H,12,13)(H,14,15)(H,16,17). The predicted molar refractivity (Wildman–Crippen MR) is 58.9 cm³/mol. The molecular weight excluding hydrogens is 226 g/mol. The molecule has 6 nitrogen and oxygen atoms in total. The van der Waals surface area contributed by atoms with Gasteiger partial charge in [-0.2, -0.15) is 0 Å². The first-order valence-corrected chi connectivity index (χ1v) is 4.84. The molecule has 17 heavy (non-hydrogen) atoms. The lowest BCUT2D eigenvalue weighted by Gasteiger charge is -2.04. The topological polar surface area (TPSA) is 104 Å². The van der Waals surface area contributed by atoms with E-state index in [2.05, 4.69) is 5.32 Å². The molecule has 90 valence electrons. The molecule has 0 saturated heterocycles. The highest BCUT2D eigenvalue weighted by atomic mass is 16.4. The molecule has 0 unspecified atom stereocenters. The van der Waals surface area contributed by atoms with Crippen molar-refractivity contribution in [2.75, 3.05) is 5.32 Å². The molecule has 0 fully saturated rings. The maximum Gasteiger partial charge on any atom is 0.335 e. The molecule has 0 heterocycles. The summed E-state index contributed by atoms with van der Waals surface area (Å²) < 4.78 is 0. The average molecular weight is 237 g/mol. The fourth-order valence-electron chi connectivity index (χ4n) is 1.14. The zero-order valence-corrected chi connectivity index (χ0v) is 8.84. The summed E-state index contributed by atoms with van der Waals surface area (Å²) in [5.74, 6) is -2.51. The van der Waals surface area contributed by atoms with Crippen LogP contribution in [0, 0.1) is 0 Å². The van der Waals surface area contributed by atoms with Gasteiger partial charge in [0.1, 0.15) is 0 Å². The summed E-state index contributed by atoms with van der Waals surface area (Å²) in [6.07, 6.45) is -0.352. The van der Waals surface area contributed by atoms with Crippen LogP contribution < -0.4 is 5.32 Å². The van der Waals surface area contributed by atoms with Crippen LogP contribution in [0.5, 0.6) is 0 Å². The number of carboxylic acid groups (broad SMARTS) is 2. The monoisotopic (exact) mass is 237 g/mol. The second-order valence-electron chi connectivity index (χ2n) is 3.32. The second-order valence-corrected chi connectivity index (χ2v) is 3.32. The Morgan fingerprint density at radius 1 is 1.00 bits per heavy atom. The van der Waals surface area contributed by atoms with Gasteiger partial charge in [-0.15, -0.1) is 0 Å². The van der Waals surface area contributed by atoms with Crippen LogP contribution in [0.1, 0.15) is 23.2 Å². The summed E-state index contributed by atoms with van der Waals surface area (Å²) in [5, 5.41) is 19.5. The van der Waals surface area contributed by atoms with Crippen molar-refractivity contribution in [2.24, 2.45) is 0 Å². The summed E-state index contributed by atoms with van der Waals surface area (Å²) in [5.41, 5.74) is 0.555. The van der Waals surface area contributed by atoms with Crippen LogP contribution in [0.2, 0.25) is 0 Å². The Balaban J connectivity index is 2.54. The van der Waals surface area contributed by atoms with Gasteiger partial charge in [-0.05, 0) is 24.3 Å². The largest absolute Gasteiger partial charge is 0.481 e. The van der Waals surface area contributed by atoms with E-state index in [0.717, 1.165) is 0 Å². The Bertz CT molecular complexity index is 438. The van der Waals surface area contributed by atoms with Crippen LogP contribution in [0.25, 0.3) is 0 Å². The number of aromatic carboxylic acids is 1. The number of hydrogen-bond acceptors (Lipinski definition) is 3. The van der Waals surface area contributed by atoms with E-state index < -0.39 is 17.8 Å². The van der Waals surface area contributed by atoms with E-state index in [4.69, 9.17) is 10.2 Å². The van der Waals surface area contributed by atoms with E-state index >= 15 is 0 Å². The fraction of sp³-hybridized carbons (Fsp3) is 0.182. The van der Waals surface area contributed by atoms with Crippen molar-refractivity contribution in [3.8, 4) is 0 Å². The van der Waals surface area contributed by atoms with Crippen LogP contribution >= 0.6 is 0 Å². The van der Waals surface area contributed by atoms with Gasteiger partial charge in [0, 0.05) is 12.1 Å². The van der Waals surface area contributed by atoms with Crippen LogP contribution in [0.15, 0.2) is 24.3 Å². The van der Waals surface area contributed by atoms with E-state index in [1.165, 1.54) is 24.3 Å². The molecule has 0 spiro atoms. The van der Waals surface area contributed by atoms with E-state index in [1.807, 2.05) is 0 Å². The number of amides is 1. The molecule has 6 heteroatoms. The summed E-state index contributed by atoms with van der Waals surface area (Å²) in [4.78, 5) is 32.0.